The summed E-state index contributed by atoms with van der Waals surface area (Å²) in [5, 5.41) is 22.9. The Morgan fingerprint density at radius 2 is 1.90 bits per heavy atom. The van der Waals surface area contributed by atoms with Crippen LogP contribution in [-0.2, 0) is 4.79 Å². The number of thiophene rings is 1. The highest BCUT2D eigenvalue weighted by Gasteiger charge is 2.08. The van der Waals surface area contributed by atoms with E-state index in [4.69, 9.17) is 10.5 Å². The molecule has 2 aromatic rings. The van der Waals surface area contributed by atoms with E-state index in [0.717, 1.165) is 22.8 Å². The number of carbonyl (C=O) groups is 1. The van der Waals surface area contributed by atoms with Crippen molar-refractivity contribution in [2.24, 2.45) is 0 Å². The molecule has 0 atom stereocenters. The maximum atomic E-state index is 11.2. The first kappa shape index (κ1) is 14.3. The minimum atomic E-state index is -0.00724. The molecule has 0 spiro atoms. The topological polar surface area (TPSA) is 79.9 Å². The molecule has 1 aromatic heterocycles. The van der Waals surface area contributed by atoms with Gasteiger partial charge in [-0.05, 0) is 41.8 Å². The molecule has 0 fully saturated rings. The minimum absolute atomic E-state index is 0.00724. The Morgan fingerprint density at radius 1 is 1.19 bits per heavy atom. The van der Waals surface area contributed by atoms with Crippen LogP contribution in [0.1, 0.15) is 0 Å². The van der Waals surface area contributed by atoms with E-state index >= 15 is 0 Å². The fourth-order valence-electron chi connectivity index (χ4n) is 1.61. The lowest BCUT2D eigenvalue weighted by atomic mass is 10.2. The van der Waals surface area contributed by atoms with Crippen LogP contribution in [0.25, 0.3) is 0 Å². The molecule has 5 nitrogen and oxygen atoms in total. The number of anilines is 3. The normalized spacial score (nSPS) is 9.05. The summed E-state index contributed by atoms with van der Waals surface area (Å²) in [6, 6.07) is 14.4. The fourth-order valence-corrected chi connectivity index (χ4v) is 2.33. The molecule has 0 saturated carbocycles. The highest BCUT2D eigenvalue weighted by atomic mass is 32.1. The molecule has 1 heterocycles. The SMILES string of the molecule is N#CC(C#N)=CNc1ccc(N(C=O)c2cccs2)cc1. The molecule has 6 heteroatoms. The largest absolute Gasteiger partial charge is 0.360 e. The molecule has 0 aliphatic heterocycles. The predicted molar refractivity (Wildman–Crippen MR) is 81.9 cm³/mol. The van der Waals surface area contributed by atoms with Crippen LogP contribution < -0.4 is 10.2 Å². The van der Waals surface area contributed by atoms with Crippen molar-refractivity contribution in [3.05, 3.63) is 53.6 Å². The van der Waals surface area contributed by atoms with E-state index in [1.807, 2.05) is 17.5 Å². The molecule has 2 rings (SSSR count). The van der Waals surface area contributed by atoms with Crippen LogP contribution >= 0.6 is 11.3 Å². The van der Waals surface area contributed by atoms with Gasteiger partial charge in [-0.25, -0.2) is 0 Å². The molecule has 0 saturated heterocycles. The summed E-state index contributed by atoms with van der Waals surface area (Å²) in [6.45, 7) is 0. The third kappa shape index (κ3) is 3.47. The Labute approximate surface area is 126 Å². The van der Waals surface area contributed by atoms with Crippen molar-refractivity contribution in [1.29, 1.82) is 10.5 Å². The number of hydrogen-bond acceptors (Lipinski definition) is 5. The Hall–Kier alpha value is -3.09. The third-order valence-corrected chi connectivity index (χ3v) is 3.49. The number of benzene rings is 1. The van der Waals surface area contributed by atoms with Gasteiger partial charge in [0.05, 0.1) is 0 Å². The lowest BCUT2D eigenvalue weighted by Crippen LogP contribution is -2.12. The quantitative estimate of drug-likeness (QED) is 0.677. The van der Waals surface area contributed by atoms with Crippen molar-refractivity contribution < 1.29 is 4.79 Å². The van der Waals surface area contributed by atoms with Gasteiger partial charge in [-0.1, -0.05) is 0 Å². The Morgan fingerprint density at radius 3 is 2.43 bits per heavy atom. The smallest absolute Gasteiger partial charge is 0.219 e. The van der Waals surface area contributed by atoms with Gasteiger partial charge in [-0.3, -0.25) is 9.69 Å². The summed E-state index contributed by atoms with van der Waals surface area (Å²) in [5.74, 6) is 0. The number of allylic oxidation sites excluding steroid dienone is 1. The highest BCUT2D eigenvalue weighted by molar-refractivity contribution is 7.14. The van der Waals surface area contributed by atoms with Crippen molar-refractivity contribution >= 4 is 34.1 Å². The van der Waals surface area contributed by atoms with Crippen LogP contribution in [-0.4, -0.2) is 6.41 Å². The van der Waals surface area contributed by atoms with Crippen molar-refractivity contribution in [3.8, 4) is 12.1 Å². The lowest BCUT2D eigenvalue weighted by molar-refractivity contribution is -0.106. The van der Waals surface area contributed by atoms with Crippen LogP contribution in [0, 0.1) is 22.7 Å². The number of nitrogens with one attached hydrogen (secondary N) is 1. The molecule has 21 heavy (non-hydrogen) atoms. The van der Waals surface area contributed by atoms with Crippen molar-refractivity contribution in [3.63, 3.8) is 0 Å². The van der Waals surface area contributed by atoms with Crippen LogP contribution in [0.5, 0.6) is 0 Å². The Kier molecular flexibility index (Phi) is 4.70. The molecular formula is C15H10N4OS. The van der Waals surface area contributed by atoms with Gasteiger partial charge in [0.1, 0.15) is 22.7 Å². The third-order valence-electron chi connectivity index (χ3n) is 2.62. The minimum Gasteiger partial charge on any atom is -0.360 e. The summed E-state index contributed by atoms with van der Waals surface area (Å²) in [6.07, 6.45) is 2.10. The molecule has 0 radical (unpaired) electrons. The van der Waals surface area contributed by atoms with Crippen LogP contribution in [0.15, 0.2) is 53.6 Å². The monoisotopic (exact) mass is 294 g/mol. The second-order valence-electron chi connectivity index (χ2n) is 3.90. The number of hydrogen-bond donors (Lipinski definition) is 1. The maximum Gasteiger partial charge on any atom is 0.219 e. The van der Waals surface area contributed by atoms with Gasteiger partial charge < -0.3 is 5.32 Å². The molecule has 0 aliphatic rings. The number of rotatable bonds is 5. The van der Waals surface area contributed by atoms with Crippen molar-refractivity contribution in [2.75, 3.05) is 10.2 Å². The number of nitrogens with zero attached hydrogens (tertiary/aromatic N) is 3. The van der Waals surface area contributed by atoms with Gasteiger partial charge in [-0.15, -0.1) is 11.3 Å². The van der Waals surface area contributed by atoms with Crippen molar-refractivity contribution in [2.45, 2.75) is 0 Å². The van der Waals surface area contributed by atoms with E-state index in [1.54, 1.807) is 41.3 Å². The Balaban J connectivity index is 2.16. The summed E-state index contributed by atoms with van der Waals surface area (Å²) < 4.78 is 0. The first-order valence-corrected chi connectivity index (χ1v) is 6.81. The number of carbonyl (C=O) groups excluding carboxylic acids is 1. The van der Waals surface area contributed by atoms with Gasteiger partial charge in [0.15, 0.2) is 0 Å². The highest BCUT2D eigenvalue weighted by Crippen LogP contribution is 2.28. The second kappa shape index (κ2) is 6.90. The second-order valence-corrected chi connectivity index (χ2v) is 4.83. The van der Waals surface area contributed by atoms with E-state index in [2.05, 4.69) is 5.32 Å². The molecule has 1 amide bonds. The van der Waals surface area contributed by atoms with Gasteiger partial charge >= 0.3 is 0 Å². The fraction of sp³-hybridized carbons (Fsp3) is 0. The van der Waals surface area contributed by atoms with E-state index in [-0.39, 0.29) is 5.57 Å². The summed E-state index contributed by atoms with van der Waals surface area (Å²) in [5.41, 5.74) is 1.45. The van der Waals surface area contributed by atoms with E-state index in [9.17, 15) is 4.79 Å². The van der Waals surface area contributed by atoms with E-state index in [0.29, 0.717) is 0 Å². The van der Waals surface area contributed by atoms with Gasteiger partial charge in [0.2, 0.25) is 6.41 Å². The molecule has 0 bridgehead atoms. The predicted octanol–water partition coefficient (Wildman–Crippen LogP) is 3.39. The molecule has 1 aromatic carbocycles. The lowest BCUT2D eigenvalue weighted by Gasteiger charge is -2.15. The van der Waals surface area contributed by atoms with Gasteiger partial charge in [-0.2, -0.15) is 10.5 Å². The van der Waals surface area contributed by atoms with Crippen LogP contribution in [0.2, 0.25) is 0 Å². The first-order chi connectivity index (χ1) is 10.3. The molecule has 0 unspecified atom stereocenters. The zero-order chi connectivity index (χ0) is 15.1. The standard InChI is InChI=1S/C15H10N4OS/c16-8-12(9-17)10-18-13-3-5-14(6-4-13)19(11-20)15-2-1-7-21-15/h1-7,10-11,18H. The molecule has 0 aliphatic carbocycles. The molecular weight excluding hydrogens is 284 g/mol. The zero-order valence-electron chi connectivity index (χ0n) is 10.9. The van der Waals surface area contributed by atoms with E-state index in [1.165, 1.54) is 17.5 Å². The summed E-state index contributed by atoms with van der Waals surface area (Å²) >= 11 is 1.47. The van der Waals surface area contributed by atoms with Crippen molar-refractivity contribution in [1.82, 2.24) is 0 Å². The van der Waals surface area contributed by atoms with Crippen LogP contribution in [0.4, 0.5) is 16.4 Å². The maximum absolute atomic E-state index is 11.2. The van der Waals surface area contributed by atoms with E-state index < -0.39 is 0 Å². The Bertz CT molecular complexity index is 705. The van der Waals surface area contributed by atoms with Gasteiger partial charge in [0.25, 0.3) is 0 Å². The number of amides is 1. The average Bonchev–Trinajstić information content (AvgIpc) is 3.04. The van der Waals surface area contributed by atoms with Gasteiger partial charge in [0, 0.05) is 17.6 Å². The molecule has 102 valence electrons. The van der Waals surface area contributed by atoms with Crippen LogP contribution in [0.3, 0.4) is 0 Å². The summed E-state index contributed by atoms with van der Waals surface area (Å²) in [7, 11) is 0. The summed E-state index contributed by atoms with van der Waals surface area (Å²) in [4.78, 5) is 12.8. The number of nitriles is 2. The zero-order valence-corrected chi connectivity index (χ0v) is 11.7. The first-order valence-electron chi connectivity index (χ1n) is 5.93. The average molecular weight is 294 g/mol. The molecule has 1 N–H and O–H groups in total.